The lowest BCUT2D eigenvalue weighted by atomic mass is 10.1. The SMILES string of the molecule is O=[PH](Cl)OOc1ccccc1-c1ccccc1. The fourth-order valence-electron chi connectivity index (χ4n) is 1.47. The first-order valence-electron chi connectivity index (χ1n) is 4.96. The quantitative estimate of drug-likeness (QED) is 0.471. The van der Waals surface area contributed by atoms with E-state index in [4.69, 9.17) is 16.1 Å². The van der Waals surface area contributed by atoms with Gasteiger partial charge < -0.3 is 4.89 Å². The van der Waals surface area contributed by atoms with Gasteiger partial charge in [-0.3, -0.25) is 4.57 Å². The van der Waals surface area contributed by atoms with E-state index in [0.717, 1.165) is 11.1 Å². The summed E-state index contributed by atoms with van der Waals surface area (Å²) in [6.07, 6.45) is 0. The Bertz CT molecular complexity index is 516. The molecule has 0 fully saturated rings. The second kappa shape index (κ2) is 5.87. The van der Waals surface area contributed by atoms with E-state index in [9.17, 15) is 4.57 Å². The van der Waals surface area contributed by atoms with E-state index in [-0.39, 0.29) is 0 Å². The second-order valence-electron chi connectivity index (χ2n) is 3.27. The Morgan fingerprint density at radius 2 is 1.59 bits per heavy atom. The van der Waals surface area contributed by atoms with Crippen LogP contribution in [-0.4, -0.2) is 0 Å². The highest BCUT2D eigenvalue weighted by molar-refractivity contribution is 7.69. The monoisotopic (exact) mass is 268 g/mol. The number of hydrogen-bond acceptors (Lipinski definition) is 3. The Morgan fingerprint density at radius 1 is 0.941 bits per heavy atom. The van der Waals surface area contributed by atoms with Gasteiger partial charge in [0.2, 0.25) is 0 Å². The summed E-state index contributed by atoms with van der Waals surface area (Å²) >= 11 is 5.23. The summed E-state index contributed by atoms with van der Waals surface area (Å²) in [5.41, 5.74) is 1.84. The topological polar surface area (TPSA) is 35.5 Å². The Morgan fingerprint density at radius 3 is 2.29 bits per heavy atom. The van der Waals surface area contributed by atoms with E-state index in [1.165, 1.54) is 0 Å². The van der Waals surface area contributed by atoms with Crippen molar-refractivity contribution < 1.29 is 14.1 Å². The number of halogens is 1. The maximum absolute atomic E-state index is 10.7. The molecule has 2 rings (SSSR count). The van der Waals surface area contributed by atoms with Gasteiger partial charge in [-0.2, -0.15) is 0 Å². The van der Waals surface area contributed by atoms with E-state index in [1.54, 1.807) is 12.1 Å². The van der Waals surface area contributed by atoms with Crippen molar-refractivity contribution >= 4 is 18.6 Å². The number of hydrogen-bond donors (Lipinski definition) is 0. The third-order valence-corrected chi connectivity index (χ3v) is 2.57. The van der Waals surface area contributed by atoms with Crippen molar-refractivity contribution in [1.82, 2.24) is 0 Å². The van der Waals surface area contributed by atoms with Gasteiger partial charge in [0.05, 0.1) is 0 Å². The van der Waals surface area contributed by atoms with Gasteiger partial charge in [-0.1, -0.05) is 48.5 Å². The van der Waals surface area contributed by atoms with Crippen LogP contribution in [0.1, 0.15) is 0 Å². The molecule has 0 aromatic heterocycles. The number of rotatable bonds is 4. The Hall–Kier alpha value is -1.28. The lowest BCUT2D eigenvalue weighted by Crippen LogP contribution is -1.90. The fraction of sp³-hybridized carbons (Fsp3) is 0. The molecule has 0 aliphatic carbocycles. The van der Waals surface area contributed by atoms with Crippen molar-refractivity contribution in [3.8, 4) is 16.9 Å². The van der Waals surface area contributed by atoms with Gasteiger partial charge in [0.1, 0.15) is 0 Å². The normalized spacial score (nSPS) is 12.1. The van der Waals surface area contributed by atoms with Crippen LogP contribution in [0.2, 0.25) is 0 Å². The van der Waals surface area contributed by atoms with E-state index >= 15 is 0 Å². The van der Waals surface area contributed by atoms with Crippen LogP contribution >= 0.6 is 18.6 Å². The molecule has 0 heterocycles. The smallest absolute Gasteiger partial charge is 0.320 e. The van der Waals surface area contributed by atoms with Gasteiger partial charge in [0.15, 0.2) is 5.75 Å². The van der Waals surface area contributed by atoms with Crippen molar-refractivity contribution in [2.45, 2.75) is 0 Å². The minimum Gasteiger partial charge on any atom is -0.330 e. The van der Waals surface area contributed by atoms with Crippen molar-refractivity contribution in [2.24, 2.45) is 0 Å². The van der Waals surface area contributed by atoms with Crippen molar-refractivity contribution in [3.63, 3.8) is 0 Å². The molecule has 0 bridgehead atoms. The molecule has 0 spiro atoms. The van der Waals surface area contributed by atoms with Crippen LogP contribution in [0.5, 0.6) is 5.75 Å². The summed E-state index contributed by atoms with van der Waals surface area (Å²) in [4.78, 5) is 4.95. The predicted molar refractivity (Wildman–Crippen MR) is 68.4 cm³/mol. The molecule has 0 aliphatic rings. The molecule has 0 saturated carbocycles. The van der Waals surface area contributed by atoms with E-state index in [1.807, 2.05) is 42.5 Å². The van der Waals surface area contributed by atoms with Gasteiger partial charge in [-0.15, -0.1) is 4.67 Å². The average Bonchev–Trinajstić information content (AvgIpc) is 2.38. The molecule has 17 heavy (non-hydrogen) atoms. The largest absolute Gasteiger partial charge is 0.330 e. The number of para-hydroxylation sites is 1. The van der Waals surface area contributed by atoms with Gasteiger partial charge in [0, 0.05) is 5.56 Å². The van der Waals surface area contributed by atoms with Crippen molar-refractivity contribution in [1.29, 1.82) is 0 Å². The molecule has 0 radical (unpaired) electrons. The molecule has 2 aromatic rings. The van der Waals surface area contributed by atoms with Crippen LogP contribution in [0.15, 0.2) is 54.6 Å². The third kappa shape index (κ3) is 3.34. The van der Waals surface area contributed by atoms with E-state index in [2.05, 4.69) is 4.67 Å². The first-order valence-corrected chi connectivity index (χ1v) is 7.28. The Kier molecular flexibility index (Phi) is 4.21. The lowest BCUT2D eigenvalue weighted by Gasteiger charge is -2.08. The highest BCUT2D eigenvalue weighted by atomic mass is 35.7. The van der Waals surface area contributed by atoms with Crippen molar-refractivity contribution in [3.05, 3.63) is 54.6 Å². The third-order valence-electron chi connectivity index (χ3n) is 2.17. The Balaban J connectivity index is 2.31. The fourth-order valence-corrected chi connectivity index (χ4v) is 1.72. The summed E-state index contributed by atoms with van der Waals surface area (Å²) in [6, 6.07) is 17.0. The minimum atomic E-state index is -2.63. The molecule has 5 heteroatoms. The molecule has 1 atom stereocenters. The molecule has 0 N–H and O–H groups in total. The average molecular weight is 269 g/mol. The molecular formula is C12H10ClO3P. The first-order chi connectivity index (χ1) is 8.27. The van der Waals surface area contributed by atoms with Gasteiger partial charge in [0.25, 0.3) is 0 Å². The van der Waals surface area contributed by atoms with E-state index < -0.39 is 7.38 Å². The second-order valence-corrected chi connectivity index (χ2v) is 4.83. The summed E-state index contributed by atoms with van der Waals surface area (Å²) in [5, 5.41) is 0. The van der Waals surface area contributed by atoms with Gasteiger partial charge in [-0.25, -0.2) is 0 Å². The highest BCUT2D eigenvalue weighted by Gasteiger charge is 2.07. The molecular weight excluding hydrogens is 259 g/mol. The summed E-state index contributed by atoms with van der Waals surface area (Å²) < 4.78 is 15.2. The molecule has 2 aromatic carbocycles. The van der Waals surface area contributed by atoms with Crippen LogP contribution in [0.4, 0.5) is 0 Å². The Labute approximate surface area is 105 Å². The first kappa shape index (κ1) is 12.2. The minimum absolute atomic E-state index is 0.484. The summed E-state index contributed by atoms with van der Waals surface area (Å²) in [7, 11) is -2.63. The summed E-state index contributed by atoms with van der Waals surface area (Å²) in [6.45, 7) is 0. The van der Waals surface area contributed by atoms with Gasteiger partial charge in [-0.05, 0) is 22.9 Å². The maximum atomic E-state index is 10.7. The molecule has 0 saturated heterocycles. The molecule has 1 unspecified atom stereocenters. The van der Waals surface area contributed by atoms with Crippen LogP contribution in [0, 0.1) is 0 Å². The zero-order chi connectivity index (χ0) is 12.1. The van der Waals surface area contributed by atoms with E-state index in [0.29, 0.717) is 5.75 Å². The van der Waals surface area contributed by atoms with Crippen LogP contribution in [0.3, 0.4) is 0 Å². The molecule has 3 nitrogen and oxygen atoms in total. The van der Waals surface area contributed by atoms with Crippen molar-refractivity contribution in [2.75, 3.05) is 0 Å². The zero-order valence-electron chi connectivity index (χ0n) is 8.80. The maximum Gasteiger partial charge on any atom is 0.320 e. The zero-order valence-corrected chi connectivity index (χ0v) is 10.6. The molecule has 0 amide bonds. The van der Waals surface area contributed by atoms with Gasteiger partial charge >= 0.3 is 7.38 Å². The number of benzene rings is 2. The van der Waals surface area contributed by atoms with Crippen LogP contribution in [0.25, 0.3) is 11.1 Å². The molecule has 88 valence electrons. The van der Waals surface area contributed by atoms with Crippen LogP contribution < -0.4 is 4.89 Å². The van der Waals surface area contributed by atoms with Crippen LogP contribution in [-0.2, 0) is 9.24 Å². The predicted octanol–water partition coefficient (Wildman–Crippen LogP) is 4.29. The molecule has 0 aliphatic heterocycles. The standard InChI is InChI=1S/C12H10ClO3P/c13-17(14)16-15-12-9-5-4-8-11(12)10-6-2-1-3-7-10/h1-9,17H. The highest BCUT2D eigenvalue weighted by Crippen LogP contribution is 2.34. The summed E-state index contributed by atoms with van der Waals surface area (Å²) in [5.74, 6) is 0.484. The lowest BCUT2D eigenvalue weighted by molar-refractivity contribution is -0.0880.